The molecule has 0 radical (unpaired) electrons. The van der Waals surface area contributed by atoms with E-state index in [9.17, 15) is 9.59 Å². The Kier molecular flexibility index (Phi) is 5.47. The molecule has 178 valence electrons. The van der Waals surface area contributed by atoms with E-state index in [1.807, 2.05) is 16.5 Å². The van der Waals surface area contributed by atoms with Crippen molar-refractivity contribution in [3.63, 3.8) is 0 Å². The molecule has 3 fully saturated rings. The fraction of sp³-hybridized carbons (Fsp3) is 0.542. The highest BCUT2D eigenvalue weighted by Gasteiger charge is 2.33. The van der Waals surface area contributed by atoms with Gasteiger partial charge >= 0.3 is 0 Å². The molecule has 10 heteroatoms. The molecule has 0 unspecified atom stereocenters. The molecule has 34 heavy (non-hydrogen) atoms. The smallest absolute Gasteiger partial charge is 0.272 e. The molecule has 2 N–H and O–H groups in total. The maximum atomic E-state index is 13.5. The topological polar surface area (TPSA) is 105 Å². The second kappa shape index (κ2) is 8.65. The van der Waals surface area contributed by atoms with Gasteiger partial charge in [-0.2, -0.15) is 5.10 Å². The van der Waals surface area contributed by atoms with Gasteiger partial charge in [-0.25, -0.2) is 14.5 Å². The monoisotopic (exact) mass is 479 g/mol. The average Bonchev–Trinajstić information content (AvgIpc) is 3.76. The van der Waals surface area contributed by atoms with Crippen molar-refractivity contribution >= 4 is 33.8 Å². The SMILES string of the molecule is C[C@H](Nc1cc(C(=O)N2CCC(NC(=O)C3CC3)CC2)nc(-c2cnn3ccsc23)n1)C1CC1. The van der Waals surface area contributed by atoms with Crippen LogP contribution in [-0.4, -0.2) is 61.5 Å². The van der Waals surface area contributed by atoms with Crippen LogP contribution in [0.4, 0.5) is 5.82 Å². The van der Waals surface area contributed by atoms with Gasteiger partial charge in [0.2, 0.25) is 5.91 Å². The first kappa shape index (κ1) is 21.5. The summed E-state index contributed by atoms with van der Waals surface area (Å²) < 4.78 is 1.80. The molecular formula is C24H29N7O2S. The molecule has 2 saturated carbocycles. The summed E-state index contributed by atoms with van der Waals surface area (Å²) in [6.45, 7) is 3.38. The van der Waals surface area contributed by atoms with Crippen LogP contribution in [0.1, 0.15) is 55.9 Å². The molecule has 4 heterocycles. The number of fused-ring (bicyclic) bond motifs is 1. The fourth-order valence-corrected chi connectivity index (χ4v) is 5.42. The minimum absolute atomic E-state index is 0.0904. The largest absolute Gasteiger partial charge is 0.367 e. The highest BCUT2D eigenvalue weighted by atomic mass is 32.1. The van der Waals surface area contributed by atoms with Gasteiger partial charge in [-0.1, -0.05) is 0 Å². The molecule has 6 rings (SSSR count). The average molecular weight is 480 g/mol. The van der Waals surface area contributed by atoms with Gasteiger partial charge in [0.05, 0.1) is 11.8 Å². The van der Waals surface area contributed by atoms with E-state index < -0.39 is 0 Å². The van der Waals surface area contributed by atoms with Gasteiger partial charge in [0.15, 0.2) is 5.82 Å². The number of hydrogen-bond donors (Lipinski definition) is 2. The number of thiazole rings is 1. The van der Waals surface area contributed by atoms with E-state index in [0.717, 1.165) is 36.1 Å². The van der Waals surface area contributed by atoms with E-state index in [1.165, 1.54) is 12.8 Å². The Morgan fingerprint density at radius 2 is 1.91 bits per heavy atom. The summed E-state index contributed by atoms with van der Waals surface area (Å²) >= 11 is 1.57. The molecule has 2 aliphatic carbocycles. The molecule has 0 bridgehead atoms. The molecule has 1 atom stereocenters. The first-order valence-electron chi connectivity index (χ1n) is 12.2. The van der Waals surface area contributed by atoms with Gasteiger partial charge in [0.25, 0.3) is 5.91 Å². The van der Waals surface area contributed by atoms with Crippen LogP contribution in [0, 0.1) is 11.8 Å². The number of piperidine rings is 1. The zero-order chi connectivity index (χ0) is 23.2. The number of carbonyl (C=O) groups is 2. The lowest BCUT2D eigenvalue weighted by Crippen LogP contribution is -2.47. The normalized spacial score (nSPS) is 19.9. The molecule has 9 nitrogen and oxygen atoms in total. The number of rotatable bonds is 7. The van der Waals surface area contributed by atoms with Crippen molar-refractivity contribution in [1.29, 1.82) is 0 Å². The molecular weight excluding hydrogens is 450 g/mol. The quantitative estimate of drug-likeness (QED) is 0.539. The maximum Gasteiger partial charge on any atom is 0.272 e. The van der Waals surface area contributed by atoms with Gasteiger partial charge in [0.1, 0.15) is 16.3 Å². The van der Waals surface area contributed by atoms with Crippen LogP contribution in [0.25, 0.3) is 16.2 Å². The Hall–Kier alpha value is -3.01. The van der Waals surface area contributed by atoms with Crippen molar-refractivity contribution in [3.8, 4) is 11.4 Å². The Balaban J connectivity index is 1.23. The summed E-state index contributed by atoms with van der Waals surface area (Å²) in [5, 5.41) is 13.0. The number of carbonyl (C=O) groups excluding carboxylic acids is 2. The van der Waals surface area contributed by atoms with Crippen molar-refractivity contribution in [2.24, 2.45) is 11.8 Å². The Morgan fingerprint density at radius 1 is 1.12 bits per heavy atom. The molecule has 3 aliphatic rings. The predicted octanol–water partition coefficient (Wildman–Crippen LogP) is 3.19. The molecule has 3 aromatic rings. The van der Waals surface area contributed by atoms with Crippen molar-refractivity contribution in [2.75, 3.05) is 18.4 Å². The minimum Gasteiger partial charge on any atom is -0.367 e. The maximum absolute atomic E-state index is 13.5. The van der Waals surface area contributed by atoms with Crippen molar-refractivity contribution in [3.05, 3.63) is 29.5 Å². The van der Waals surface area contributed by atoms with Crippen LogP contribution in [0.2, 0.25) is 0 Å². The summed E-state index contributed by atoms with van der Waals surface area (Å²) in [5.74, 6) is 2.14. The summed E-state index contributed by atoms with van der Waals surface area (Å²) in [7, 11) is 0. The lowest BCUT2D eigenvalue weighted by Gasteiger charge is -2.32. The fourth-order valence-electron chi connectivity index (χ4n) is 4.63. The van der Waals surface area contributed by atoms with Gasteiger partial charge < -0.3 is 15.5 Å². The molecule has 3 aromatic heterocycles. The van der Waals surface area contributed by atoms with Gasteiger partial charge in [-0.05, 0) is 51.4 Å². The molecule has 0 spiro atoms. The van der Waals surface area contributed by atoms with Crippen molar-refractivity contribution < 1.29 is 9.59 Å². The van der Waals surface area contributed by atoms with Gasteiger partial charge in [0, 0.05) is 48.7 Å². The van der Waals surface area contributed by atoms with E-state index in [2.05, 4.69) is 27.6 Å². The number of hydrogen-bond acceptors (Lipinski definition) is 7. The highest BCUT2D eigenvalue weighted by molar-refractivity contribution is 7.16. The zero-order valence-corrected chi connectivity index (χ0v) is 20.1. The standard InChI is InChI=1S/C24H29N7O2S/c1-14(15-2-3-15)26-20-12-19(28-21(29-20)18-13-25-31-10-11-34-24(18)31)23(33)30-8-6-17(7-9-30)27-22(32)16-4-5-16/h10-17H,2-9H2,1H3,(H,27,32)(H,26,28,29)/t14-/m0/s1. The highest BCUT2D eigenvalue weighted by Crippen LogP contribution is 2.34. The van der Waals surface area contributed by atoms with Crippen molar-refractivity contribution in [1.82, 2.24) is 29.8 Å². The van der Waals surface area contributed by atoms with Crippen LogP contribution in [-0.2, 0) is 4.79 Å². The number of amides is 2. The molecule has 1 aliphatic heterocycles. The summed E-state index contributed by atoms with van der Waals surface area (Å²) in [5.41, 5.74) is 1.22. The number of aromatic nitrogens is 4. The first-order chi connectivity index (χ1) is 16.5. The molecule has 2 amide bonds. The predicted molar refractivity (Wildman–Crippen MR) is 130 cm³/mol. The van der Waals surface area contributed by atoms with Crippen LogP contribution in [0.3, 0.4) is 0 Å². The Bertz CT molecular complexity index is 1220. The summed E-state index contributed by atoms with van der Waals surface area (Å²) in [4.78, 5) is 37.8. The lowest BCUT2D eigenvalue weighted by atomic mass is 10.0. The van der Waals surface area contributed by atoms with Gasteiger partial charge in [-0.3, -0.25) is 9.59 Å². The second-order valence-corrected chi connectivity index (χ2v) is 10.7. The third kappa shape index (κ3) is 4.38. The summed E-state index contributed by atoms with van der Waals surface area (Å²) in [6.07, 6.45) is 9.66. The number of likely N-dealkylation sites (tertiary alicyclic amines) is 1. The van der Waals surface area contributed by atoms with Crippen LogP contribution in [0.15, 0.2) is 23.8 Å². The number of anilines is 1. The van der Waals surface area contributed by atoms with E-state index >= 15 is 0 Å². The van der Waals surface area contributed by atoms with E-state index in [0.29, 0.717) is 42.4 Å². The first-order valence-corrected chi connectivity index (χ1v) is 13.1. The number of nitrogens with zero attached hydrogens (tertiary/aromatic N) is 5. The van der Waals surface area contributed by atoms with Crippen molar-refractivity contribution in [2.45, 2.75) is 57.5 Å². The van der Waals surface area contributed by atoms with Gasteiger partial charge in [-0.15, -0.1) is 11.3 Å². The summed E-state index contributed by atoms with van der Waals surface area (Å²) in [6, 6.07) is 2.22. The van der Waals surface area contributed by atoms with E-state index in [4.69, 9.17) is 4.98 Å². The van der Waals surface area contributed by atoms with E-state index in [1.54, 1.807) is 28.1 Å². The van der Waals surface area contributed by atoms with E-state index in [-0.39, 0.29) is 23.8 Å². The molecule has 0 aromatic carbocycles. The Morgan fingerprint density at radius 3 is 2.65 bits per heavy atom. The third-order valence-electron chi connectivity index (χ3n) is 7.10. The van der Waals surface area contributed by atoms with Crippen LogP contribution in [0.5, 0.6) is 0 Å². The Labute approximate surface area is 202 Å². The van der Waals surface area contributed by atoms with Crippen LogP contribution >= 0.6 is 11.3 Å². The zero-order valence-electron chi connectivity index (χ0n) is 19.2. The lowest BCUT2D eigenvalue weighted by molar-refractivity contribution is -0.123. The number of nitrogens with one attached hydrogen (secondary N) is 2. The third-order valence-corrected chi connectivity index (χ3v) is 7.99. The minimum atomic E-state index is -0.0904. The van der Waals surface area contributed by atoms with Crippen LogP contribution < -0.4 is 10.6 Å². The molecule has 1 saturated heterocycles. The second-order valence-electron chi connectivity index (χ2n) is 9.79.